The summed E-state index contributed by atoms with van der Waals surface area (Å²) in [7, 11) is 0. The van der Waals surface area contributed by atoms with E-state index in [1.54, 1.807) is 12.4 Å². The molecule has 0 radical (unpaired) electrons. The average Bonchev–Trinajstić information content (AvgIpc) is 2.61. The summed E-state index contributed by atoms with van der Waals surface area (Å²) in [6.07, 6.45) is 5.32. The molecule has 3 rings (SSSR count). The summed E-state index contributed by atoms with van der Waals surface area (Å²) in [6.45, 7) is 4.55. The zero-order chi connectivity index (χ0) is 16.1. The molecule has 1 aromatic heterocycles. The number of nitrogens with one attached hydrogen (secondary N) is 1. The molecule has 1 aliphatic rings. The summed E-state index contributed by atoms with van der Waals surface area (Å²) >= 11 is 0. The number of nitrogens with zero attached hydrogens (tertiary/aromatic N) is 3. The lowest BCUT2D eigenvalue weighted by molar-refractivity contribution is 0.0691. The average molecular weight is 310 g/mol. The highest BCUT2D eigenvalue weighted by atomic mass is 16.2. The second-order valence-electron chi connectivity index (χ2n) is 6.10. The Morgan fingerprint density at radius 1 is 1.17 bits per heavy atom. The highest BCUT2D eigenvalue weighted by Gasteiger charge is 2.22. The molecule has 1 aromatic carbocycles. The number of carbonyl (C=O) groups excluding carboxylic acids is 1. The molecule has 0 spiro atoms. The molecule has 120 valence electrons. The second-order valence-corrected chi connectivity index (χ2v) is 6.10. The second kappa shape index (κ2) is 7.22. The van der Waals surface area contributed by atoms with Crippen LogP contribution >= 0.6 is 0 Å². The number of hydrogen-bond acceptors (Lipinski definition) is 4. The number of hydrogen-bond donors (Lipinski definition) is 1. The van der Waals surface area contributed by atoms with Crippen LogP contribution in [-0.4, -0.2) is 33.9 Å². The minimum absolute atomic E-state index is 0.0148. The van der Waals surface area contributed by atoms with Crippen LogP contribution in [0, 0.1) is 5.92 Å². The molecular formula is C18H22N4O. The van der Waals surface area contributed by atoms with Crippen LogP contribution in [0.2, 0.25) is 0 Å². The molecule has 0 aliphatic carbocycles. The topological polar surface area (TPSA) is 58.1 Å². The van der Waals surface area contributed by atoms with Crippen molar-refractivity contribution in [2.24, 2.45) is 5.92 Å². The van der Waals surface area contributed by atoms with Gasteiger partial charge >= 0.3 is 0 Å². The minimum atomic E-state index is -0.0148. The lowest BCUT2D eigenvalue weighted by Crippen LogP contribution is -2.38. The van der Waals surface area contributed by atoms with Gasteiger partial charge in [0.25, 0.3) is 5.91 Å². The molecule has 0 bridgehead atoms. The molecule has 0 saturated carbocycles. The smallest absolute Gasteiger partial charge is 0.274 e. The third-order valence-electron chi connectivity index (χ3n) is 4.26. The lowest BCUT2D eigenvalue weighted by Gasteiger charge is -2.29. The van der Waals surface area contributed by atoms with Gasteiger partial charge in [0.1, 0.15) is 11.5 Å². The van der Waals surface area contributed by atoms with E-state index in [1.807, 2.05) is 23.1 Å². The van der Waals surface area contributed by atoms with Gasteiger partial charge in [0.05, 0.1) is 12.4 Å². The third kappa shape index (κ3) is 4.06. The number of aromatic nitrogens is 2. The highest BCUT2D eigenvalue weighted by molar-refractivity contribution is 5.92. The Hall–Kier alpha value is -2.43. The normalized spacial score (nSPS) is 15.4. The summed E-state index contributed by atoms with van der Waals surface area (Å²) in [4.78, 5) is 22.8. The molecule has 23 heavy (non-hydrogen) atoms. The summed E-state index contributed by atoms with van der Waals surface area (Å²) in [5.74, 6) is 1.37. The number of piperidine rings is 1. The van der Waals surface area contributed by atoms with Crippen molar-refractivity contribution in [1.29, 1.82) is 0 Å². The number of carbonyl (C=O) groups is 1. The van der Waals surface area contributed by atoms with E-state index in [2.05, 4.69) is 34.3 Å². The molecule has 1 aliphatic heterocycles. The van der Waals surface area contributed by atoms with Crippen molar-refractivity contribution in [3.63, 3.8) is 0 Å². The zero-order valence-corrected chi connectivity index (χ0v) is 13.4. The van der Waals surface area contributed by atoms with Gasteiger partial charge in [0.15, 0.2) is 0 Å². The summed E-state index contributed by atoms with van der Waals surface area (Å²) in [5.41, 5.74) is 1.60. The van der Waals surface area contributed by atoms with Gasteiger partial charge in [-0.3, -0.25) is 4.79 Å². The van der Waals surface area contributed by atoms with Crippen LogP contribution in [0.4, 0.5) is 5.82 Å². The predicted octanol–water partition coefficient (Wildman–Crippen LogP) is 2.96. The Morgan fingerprint density at radius 3 is 2.57 bits per heavy atom. The number of anilines is 1. The Morgan fingerprint density at radius 2 is 1.91 bits per heavy atom. The van der Waals surface area contributed by atoms with E-state index < -0.39 is 0 Å². The zero-order valence-electron chi connectivity index (χ0n) is 13.4. The van der Waals surface area contributed by atoms with E-state index in [0.29, 0.717) is 24.0 Å². The molecule has 1 fully saturated rings. The van der Waals surface area contributed by atoms with Crippen molar-refractivity contribution < 1.29 is 4.79 Å². The molecule has 0 atom stereocenters. The van der Waals surface area contributed by atoms with Crippen LogP contribution in [0.3, 0.4) is 0 Å². The summed E-state index contributed by atoms with van der Waals surface area (Å²) in [5, 5.41) is 3.21. The van der Waals surface area contributed by atoms with E-state index in [1.165, 1.54) is 5.56 Å². The van der Waals surface area contributed by atoms with Crippen molar-refractivity contribution in [2.75, 3.05) is 18.4 Å². The summed E-state index contributed by atoms with van der Waals surface area (Å²) in [6, 6.07) is 10.1. The fourth-order valence-corrected chi connectivity index (χ4v) is 2.69. The van der Waals surface area contributed by atoms with Gasteiger partial charge in [0, 0.05) is 19.6 Å². The van der Waals surface area contributed by atoms with Crippen LogP contribution in [0.1, 0.15) is 35.8 Å². The molecular weight excluding hydrogens is 288 g/mol. The van der Waals surface area contributed by atoms with Crippen molar-refractivity contribution in [2.45, 2.75) is 26.3 Å². The Kier molecular flexibility index (Phi) is 4.86. The first-order chi connectivity index (χ1) is 11.2. The van der Waals surface area contributed by atoms with Crippen LogP contribution < -0.4 is 5.32 Å². The van der Waals surface area contributed by atoms with E-state index >= 15 is 0 Å². The number of rotatable bonds is 4. The highest BCUT2D eigenvalue weighted by Crippen LogP contribution is 2.17. The van der Waals surface area contributed by atoms with Crippen molar-refractivity contribution >= 4 is 11.7 Å². The fourth-order valence-electron chi connectivity index (χ4n) is 2.69. The van der Waals surface area contributed by atoms with E-state index in [4.69, 9.17) is 0 Å². The third-order valence-corrected chi connectivity index (χ3v) is 4.26. The van der Waals surface area contributed by atoms with Gasteiger partial charge in [0.2, 0.25) is 0 Å². The molecule has 1 saturated heterocycles. The van der Waals surface area contributed by atoms with Crippen molar-refractivity contribution in [3.05, 3.63) is 54.0 Å². The molecule has 0 unspecified atom stereocenters. The first-order valence-corrected chi connectivity index (χ1v) is 8.11. The van der Waals surface area contributed by atoms with Crippen LogP contribution in [0.15, 0.2) is 42.7 Å². The Labute approximate surface area is 136 Å². The number of benzene rings is 1. The maximum atomic E-state index is 12.4. The molecule has 2 heterocycles. The molecule has 1 N–H and O–H groups in total. The van der Waals surface area contributed by atoms with Crippen LogP contribution in [-0.2, 0) is 6.54 Å². The lowest BCUT2D eigenvalue weighted by atomic mass is 9.99. The van der Waals surface area contributed by atoms with Crippen LogP contribution in [0.25, 0.3) is 0 Å². The maximum absolute atomic E-state index is 12.4. The minimum Gasteiger partial charge on any atom is -0.365 e. The maximum Gasteiger partial charge on any atom is 0.274 e. The fraction of sp³-hybridized carbons (Fsp3) is 0.389. The van der Waals surface area contributed by atoms with Gasteiger partial charge < -0.3 is 10.2 Å². The number of amides is 1. The largest absolute Gasteiger partial charge is 0.365 e. The Bertz CT molecular complexity index is 634. The molecule has 1 amide bonds. The molecule has 5 heteroatoms. The predicted molar refractivity (Wildman–Crippen MR) is 90.1 cm³/mol. The van der Waals surface area contributed by atoms with Gasteiger partial charge in [-0.15, -0.1) is 0 Å². The van der Waals surface area contributed by atoms with E-state index in [0.717, 1.165) is 25.9 Å². The molecule has 2 aromatic rings. The van der Waals surface area contributed by atoms with Gasteiger partial charge in [-0.05, 0) is 24.3 Å². The SMILES string of the molecule is CC1CCN(C(=O)c2cnc(NCc3ccccc3)cn2)CC1. The monoisotopic (exact) mass is 310 g/mol. The van der Waals surface area contributed by atoms with Crippen molar-refractivity contribution in [1.82, 2.24) is 14.9 Å². The quantitative estimate of drug-likeness (QED) is 0.943. The Balaban J connectivity index is 1.57. The van der Waals surface area contributed by atoms with E-state index in [9.17, 15) is 4.79 Å². The first-order valence-electron chi connectivity index (χ1n) is 8.11. The summed E-state index contributed by atoms with van der Waals surface area (Å²) < 4.78 is 0. The van der Waals surface area contributed by atoms with Crippen molar-refractivity contribution in [3.8, 4) is 0 Å². The van der Waals surface area contributed by atoms with Gasteiger partial charge in [-0.25, -0.2) is 9.97 Å². The number of likely N-dealkylation sites (tertiary alicyclic amines) is 1. The molecule has 5 nitrogen and oxygen atoms in total. The van der Waals surface area contributed by atoms with Gasteiger partial charge in [-0.1, -0.05) is 37.3 Å². The standard InChI is InChI=1S/C18H22N4O/c1-14-7-9-22(10-8-14)18(23)16-12-21-17(13-19-16)20-11-15-5-3-2-4-6-15/h2-6,12-14H,7-11H2,1H3,(H,20,21). The van der Waals surface area contributed by atoms with Gasteiger partial charge in [-0.2, -0.15) is 0 Å². The van der Waals surface area contributed by atoms with E-state index in [-0.39, 0.29) is 5.91 Å². The first kappa shape index (κ1) is 15.5. The van der Waals surface area contributed by atoms with Crippen LogP contribution in [0.5, 0.6) is 0 Å².